The number of hydrogen-bond donors (Lipinski definition) is 4. The molecule has 1 fully saturated rings. The van der Waals surface area contributed by atoms with Crippen molar-refractivity contribution in [2.75, 3.05) is 25.4 Å². The van der Waals surface area contributed by atoms with Crippen LogP contribution in [-0.2, 0) is 31.3 Å². The maximum Gasteiger partial charge on any atom is 0.263 e. The first-order chi connectivity index (χ1) is 17.5. The van der Waals surface area contributed by atoms with Crippen molar-refractivity contribution in [3.63, 3.8) is 0 Å². The number of piperazine rings is 1. The molecule has 38 heavy (non-hydrogen) atoms. The summed E-state index contributed by atoms with van der Waals surface area (Å²) in [7, 11) is -8.16. The first-order valence-electron chi connectivity index (χ1n) is 11.0. The highest BCUT2D eigenvalue weighted by Crippen LogP contribution is 2.34. The van der Waals surface area contributed by atoms with E-state index in [1.807, 2.05) is 0 Å². The lowest BCUT2D eigenvalue weighted by molar-refractivity contribution is -0.134. The molecule has 1 unspecified atom stereocenters. The molecule has 1 aliphatic heterocycles. The molecule has 3 heterocycles. The van der Waals surface area contributed by atoms with Crippen molar-refractivity contribution >= 4 is 62.3 Å². The average Bonchev–Trinajstić information content (AvgIpc) is 3.56. The van der Waals surface area contributed by atoms with E-state index in [9.17, 15) is 31.2 Å². The Balaban J connectivity index is 0.00000400. The van der Waals surface area contributed by atoms with Crippen molar-refractivity contribution in [3.05, 3.63) is 60.4 Å². The van der Waals surface area contributed by atoms with Crippen molar-refractivity contribution in [2.45, 2.75) is 21.9 Å². The number of thiophene rings is 1. The van der Waals surface area contributed by atoms with E-state index >= 15 is 0 Å². The summed E-state index contributed by atoms with van der Waals surface area (Å²) in [6, 6.07) is 6.99. The second-order valence-corrected chi connectivity index (χ2v) is 14.2. The van der Waals surface area contributed by atoms with Crippen LogP contribution in [0.1, 0.15) is 5.82 Å². The van der Waals surface area contributed by atoms with E-state index in [1.54, 1.807) is 12.3 Å². The molecule has 0 saturated carbocycles. The maximum atomic E-state index is 13.5. The highest BCUT2D eigenvalue weighted by molar-refractivity contribution is 7.91. The Kier molecular flexibility index (Phi) is 9.97. The number of nitrogens with zero attached hydrogens (tertiary/aromatic N) is 3. The topological polar surface area (TPSA) is 153 Å². The number of hydrogen-bond acceptors (Lipinski definition) is 9. The fourth-order valence-corrected chi connectivity index (χ4v) is 9.25. The Morgan fingerprint density at radius 3 is 2.55 bits per heavy atom. The van der Waals surface area contributed by atoms with Crippen molar-refractivity contribution in [1.82, 2.24) is 24.1 Å². The normalized spacial score (nSPS) is 18.0. The van der Waals surface area contributed by atoms with Crippen LogP contribution < -0.4 is 5.48 Å². The quantitative estimate of drug-likeness (QED) is 0.161. The number of thiol groups is 1. The van der Waals surface area contributed by atoms with E-state index < -0.39 is 49.6 Å². The van der Waals surface area contributed by atoms with Gasteiger partial charge in [0.1, 0.15) is 21.9 Å². The van der Waals surface area contributed by atoms with Crippen LogP contribution in [0, 0.1) is 5.82 Å². The molecule has 0 spiro atoms. The summed E-state index contributed by atoms with van der Waals surface area (Å²) in [5.41, 5.74) is 2.06. The van der Waals surface area contributed by atoms with Crippen LogP contribution in [0.3, 0.4) is 0 Å². The fourth-order valence-electron chi connectivity index (χ4n) is 3.95. The maximum absolute atomic E-state index is 13.5. The van der Waals surface area contributed by atoms with Crippen LogP contribution in [0.4, 0.5) is 4.39 Å². The molecule has 2 atom stereocenters. The van der Waals surface area contributed by atoms with E-state index in [-0.39, 0.29) is 41.9 Å². The minimum absolute atomic E-state index is 0. The molecule has 1 aromatic carbocycles. The Labute approximate surface area is 235 Å². The number of rotatable bonds is 9. The number of H-pyrrole nitrogens is 1. The number of hydroxylamine groups is 1. The van der Waals surface area contributed by atoms with Crippen molar-refractivity contribution < 1.29 is 31.2 Å². The predicted octanol–water partition coefficient (Wildman–Crippen LogP) is 1.75. The van der Waals surface area contributed by atoms with Crippen molar-refractivity contribution in [3.8, 4) is 10.4 Å². The van der Waals surface area contributed by atoms with Crippen LogP contribution >= 0.6 is 36.4 Å². The molecule has 2 aromatic heterocycles. The Hall–Kier alpha value is -2.05. The lowest BCUT2D eigenvalue weighted by atomic mass is 10.2. The monoisotopic (exact) mass is 625 g/mol. The standard InChI is InChI=1S/C21H24FN5O6S4.ClH/c22-15-3-1-14(2-4-15)18-5-6-20(35-18)37(32,33)27-10-9-26(12-17(27)21(28)25-29)36(30,31)13-16(34)11-19-23-7-8-24-19;/h1-8,16-17,29,34H,9-13H2,(H,23,24)(H,25,28);1H/t16?,17-;/m1./s1. The number of aromatic amines is 1. The summed E-state index contributed by atoms with van der Waals surface area (Å²) in [4.78, 5) is 20.0. The van der Waals surface area contributed by atoms with E-state index in [0.29, 0.717) is 16.3 Å². The highest BCUT2D eigenvalue weighted by atomic mass is 35.5. The second kappa shape index (κ2) is 12.4. The number of sulfonamides is 2. The van der Waals surface area contributed by atoms with Gasteiger partial charge in [0.05, 0.1) is 5.75 Å². The zero-order chi connectivity index (χ0) is 26.8. The number of carbonyl (C=O) groups excluding carboxylic acids is 1. The van der Waals surface area contributed by atoms with Gasteiger partial charge >= 0.3 is 0 Å². The smallest absolute Gasteiger partial charge is 0.263 e. The lowest BCUT2D eigenvalue weighted by Gasteiger charge is -2.38. The van der Waals surface area contributed by atoms with Gasteiger partial charge in [-0.05, 0) is 29.8 Å². The summed E-state index contributed by atoms with van der Waals surface area (Å²) in [5, 5.41) is 8.66. The third-order valence-corrected chi connectivity index (χ3v) is 11.8. The van der Waals surface area contributed by atoms with E-state index in [2.05, 4.69) is 22.6 Å². The molecule has 1 amide bonds. The molecular formula is C21H25ClFN5O6S4. The van der Waals surface area contributed by atoms with Gasteiger partial charge in [-0.3, -0.25) is 10.0 Å². The number of aromatic nitrogens is 2. The first-order valence-corrected chi connectivity index (χ1v) is 15.3. The molecule has 208 valence electrons. The summed E-state index contributed by atoms with van der Waals surface area (Å²) in [5.74, 6) is -1.27. The van der Waals surface area contributed by atoms with Gasteiger partial charge in [-0.25, -0.2) is 31.7 Å². The summed E-state index contributed by atoms with van der Waals surface area (Å²) in [6.07, 6.45) is 3.41. The Morgan fingerprint density at radius 2 is 1.92 bits per heavy atom. The predicted molar refractivity (Wildman–Crippen MR) is 145 cm³/mol. The molecule has 0 aliphatic carbocycles. The van der Waals surface area contributed by atoms with Gasteiger partial charge in [0.25, 0.3) is 15.9 Å². The molecule has 11 nitrogen and oxygen atoms in total. The highest BCUT2D eigenvalue weighted by Gasteiger charge is 2.43. The molecule has 0 bridgehead atoms. The third-order valence-electron chi connectivity index (χ3n) is 5.76. The fraction of sp³-hybridized carbons (Fsp3) is 0.333. The number of amides is 1. The molecule has 4 rings (SSSR count). The van der Waals surface area contributed by atoms with Gasteiger partial charge in [0.15, 0.2) is 0 Å². The zero-order valence-corrected chi connectivity index (χ0v) is 23.8. The number of carbonyl (C=O) groups is 1. The molecule has 3 aromatic rings. The molecular weight excluding hydrogens is 601 g/mol. The van der Waals surface area contributed by atoms with Crippen LogP contribution in [0.25, 0.3) is 10.4 Å². The van der Waals surface area contributed by atoms with Crippen LogP contribution in [0.2, 0.25) is 0 Å². The van der Waals surface area contributed by atoms with Gasteiger partial charge in [0, 0.05) is 48.6 Å². The molecule has 0 radical (unpaired) electrons. The zero-order valence-electron chi connectivity index (χ0n) is 19.6. The SMILES string of the molecule is Cl.O=C(NO)[C@H]1CN(S(=O)(=O)CC(S)Cc2ncc[nH]2)CCN1S(=O)(=O)c1ccc(-c2ccc(F)cc2)s1. The van der Waals surface area contributed by atoms with Gasteiger partial charge in [-0.15, -0.1) is 23.7 Å². The van der Waals surface area contributed by atoms with Crippen LogP contribution in [0.15, 0.2) is 53.0 Å². The number of halogens is 2. The van der Waals surface area contributed by atoms with E-state index in [1.165, 1.54) is 42.0 Å². The summed E-state index contributed by atoms with van der Waals surface area (Å²) >= 11 is 5.28. The molecule has 17 heteroatoms. The van der Waals surface area contributed by atoms with E-state index in [4.69, 9.17) is 0 Å². The number of nitrogens with one attached hydrogen (secondary N) is 2. The van der Waals surface area contributed by atoms with E-state index in [0.717, 1.165) is 19.9 Å². The lowest BCUT2D eigenvalue weighted by Crippen LogP contribution is -2.61. The Bertz CT molecular complexity index is 1450. The summed E-state index contributed by atoms with van der Waals surface area (Å²) in [6.45, 7) is -0.974. The number of imidazole rings is 1. The van der Waals surface area contributed by atoms with Gasteiger partial charge < -0.3 is 4.98 Å². The van der Waals surface area contributed by atoms with Gasteiger partial charge in [0.2, 0.25) is 10.0 Å². The molecule has 1 saturated heterocycles. The Morgan fingerprint density at radius 1 is 1.21 bits per heavy atom. The largest absolute Gasteiger partial charge is 0.349 e. The van der Waals surface area contributed by atoms with Crippen LogP contribution in [0.5, 0.6) is 0 Å². The van der Waals surface area contributed by atoms with Crippen LogP contribution in [-0.4, -0.2) is 83.2 Å². The first kappa shape index (κ1) is 30.5. The second-order valence-electron chi connectivity index (χ2n) is 8.26. The van der Waals surface area contributed by atoms with Crippen molar-refractivity contribution in [2.24, 2.45) is 0 Å². The van der Waals surface area contributed by atoms with Gasteiger partial charge in [-0.2, -0.15) is 21.2 Å². The number of benzene rings is 1. The minimum atomic E-state index is -4.23. The third kappa shape index (κ3) is 6.74. The minimum Gasteiger partial charge on any atom is -0.349 e. The average molecular weight is 626 g/mol. The van der Waals surface area contributed by atoms with Crippen molar-refractivity contribution in [1.29, 1.82) is 0 Å². The molecule has 1 aliphatic rings. The summed E-state index contributed by atoms with van der Waals surface area (Å²) < 4.78 is 68.1. The van der Waals surface area contributed by atoms with Gasteiger partial charge in [-0.1, -0.05) is 12.1 Å². The molecule has 3 N–H and O–H groups in total.